The summed E-state index contributed by atoms with van der Waals surface area (Å²) in [5.74, 6) is 0.520. The van der Waals surface area contributed by atoms with E-state index in [0.717, 1.165) is 31.2 Å². The molecular formula is C16H28FIN4. The monoisotopic (exact) mass is 422 g/mol. The summed E-state index contributed by atoms with van der Waals surface area (Å²) in [6, 6.07) is 7.12. The zero-order valence-electron chi connectivity index (χ0n) is 13.9. The number of benzene rings is 1. The van der Waals surface area contributed by atoms with Crippen molar-refractivity contribution in [3.05, 3.63) is 35.6 Å². The lowest BCUT2D eigenvalue weighted by Gasteiger charge is -2.25. The van der Waals surface area contributed by atoms with Gasteiger partial charge in [0.1, 0.15) is 5.82 Å². The largest absolute Gasteiger partial charge is 0.355 e. The topological polar surface area (TPSA) is 39.7 Å². The van der Waals surface area contributed by atoms with Crippen LogP contribution in [0.4, 0.5) is 4.39 Å². The van der Waals surface area contributed by atoms with Gasteiger partial charge in [-0.3, -0.25) is 9.89 Å². The van der Waals surface area contributed by atoms with Crippen LogP contribution in [0.5, 0.6) is 0 Å². The Balaban J connectivity index is 0.00000441. The highest BCUT2D eigenvalue weighted by Crippen LogP contribution is 2.02. The maximum atomic E-state index is 13.1. The molecule has 0 amide bonds. The summed E-state index contributed by atoms with van der Waals surface area (Å²) in [4.78, 5) is 6.56. The Morgan fingerprint density at radius 2 is 2.05 bits per heavy atom. The van der Waals surface area contributed by atoms with Crippen LogP contribution >= 0.6 is 24.0 Å². The van der Waals surface area contributed by atoms with Crippen molar-refractivity contribution in [3.63, 3.8) is 0 Å². The van der Waals surface area contributed by atoms with Crippen LogP contribution in [0.3, 0.4) is 0 Å². The molecule has 2 N–H and O–H groups in total. The number of aliphatic imine (C=N–C) groups is 1. The summed E-state index contributed by atoms with van der Waals surface area (Å²) in [5, 5.41) is 6.47. The van der Waals surface area contributed by atoms with Gasteiger partial charge in [-0.05, 0) is 38.1 Å². The molecule has 0 unspecified atom stereocenters. The minimum Gasteiger partial charge on any atom is -0.355 e. The molecule has 0 heterocycles. The molecule has 0 atom stereocenters. The number of likely N-dealkylation sites (N-methyl/N-ethyl adjacent to an activating group) is 1. The minimum atomic E-state index is -0.215. The van der Waals surface area contributed by atoms with E-state index in [4.69, 9.17) is 0 Å². The summed E-state index contributed by atoms with van der Waals surface area (Å²) in [6.45, 7) is 9.94. The minimum absolute atomic E-state index is 0. The number of rotatable bonds is 7. The Kier molecular flexibility index (Phi) is 11.2. The van der Waals surface area contributed by atoms with Crippen molar-refractivity contribution >= 4 is 29.9 Å². The van der Waals surface area contributed by atoms with Gasteiger partial charge < -0.3 is 10.6 Å². The van der Waals surface area contributed by atoms with E-state index < -0.39 is 0 Å². The zero-order valence-corrected chi connectivity index (χ0v) is 16.2. The van der Waals surface area contributed by atoms with Crippen LogP contribution in [-0.2, 0) is 6.54 Å². The first-order valence-corrected chi connectivity index (χ1v) is 7.49. The normalized spacial score (nSPS) is 11.5. The third-order valence-electron chi connectivity index (χ3n) is 3.40. The van der Waals surface area contributed by atoms with Crippen LogP contribution in [0, 0.1) is 5.82 Å². The van der Waals surface area contributed by atoms with Gasteiger partial charge in [-0.25, -0.2) is 4.39 Å². The van der Waals surface area contributed by atoms with Gasteiger partial charge in [0, 0.05) is 32.7 Å². The van der Waals surface area contributed by atoms with Crippen LogP contribution in [0.25, 0.3) is 0 Å². The van der Waals surface area contributed by atoms with Crippen molar-refractivity contribution in [2.24, 2.45) is 4.99 Å². The van der Waals surface area contributed by atoms with E-state index in [1.54, 1.807) is 13.1 Å². The molecule has 1 rings (SSSR count). The van der Waals surface area contributed by atoms with Gasteiger partial charge in [-0.1, -0.05) is 19.1 Å². The van der Waals surface area contributed by atoms with Gasteiger partial charge in [-0.15, -0.1) is 24.0 Å². The Hall–Kier alpha value is -0.890. The molecule has 126 valence electrons. The molecule has 0 bridgehead atoms. The standard InChI is InChI=1S/C16H27FN4.HI/c1-5-21(13(2)3)10-9-19-16(18-4)20-12-14-7-6-8-15(17)11-14;/h6-8,11,13H,5,9-10,12H2,1-4H3,(H2,18,19,20);1H. The van der Waals surface area contributed by atoms with E-state index in [-0.39, 0.29) is 29.8 Å². The van der Waals surface area contributed by atoms with Gasteiger partial charge in [0.05, 0.1) is 0 Å². The number of hydrogen-bond acceptors (Lipinski definition) is 2. The molecule has 0 saturated heterocycles. The molecule has 0 aromatic heterocycles. The second-order valence-corrected chi connectivity index (χ2v) is 5.20. The Labute approximate surface area is 150 Å². The fourth-order valence-corrected chi connectivity index (χ4v) is 2.15. The van der Waals surface area contributed by atoms with Crippen molar-refractivity contribution in [2.45, 2.75) is 33.4 Å². The number of nitrogens with zero attached hydrogens (tertiary/aromatic N) is 2. The second-order valence-electron chi connectivity index (χ2n) is 5.20. The smallest absolute Gasteiger partial charge is 0.191 e. The van der Waals surface area contributed by atoms with E-state index in [9.17, 15) is 4.39 Å². The zero-order chi connectivity index (χ0) is 15.7. The van der Waals surface area contributed by atoms with Crippen LogP contribution in [-0.4, -0.2) is 43.6 Å². The van der Waals surface area contributed by atoms with Crippen molar-refractivity contribution in [1.29, 1.82) is 0 Å². The highest BCUT2D eigenvalue weighted by molar-refractivity contribution is 14.0. The number of nitrogens with one attached hydrogen (secondary N) is 2. The molecule has 0 aliphatic carbocycles. The summed E-state index contributed by atoms with van der Waals surface area (Å²) in [5.41, 5.74) is 0.898. The number of guanidine groups is 1. The maximum Gasteiger partial charge on any atom is 0.191 e. The summed E-state index contributed by atoms with van der Waals surface area (Å²) >= 11 is 0. The van der Waals surface area contributed by atoms with Gasteiger partial charge in [0.2, 0.25) is 0 Å². The first-order chi connectivity index (χ1) is 10.1. The highest BCUT2D eigenvalue weighted by Gasteiger charge is 2.06. The number of halogens is 2. The predicted molar refractivity (Wildman–Crippen MR) is 102 cm³/mol. The quantitative estimate of drug-likeness (QED) is 0.404. The van der Waals surface area contributed by atoms with Crippen LogP contribution in [0.15, 0.2) is 29.3 Å². The predicted octanol–water partition coefficient (Wildman–Crippen LogP) is 2.84. The Morgan fingerprint density at radius 1 is 1.32 bits per heavy atom. The van der Waals surface area contributed by atoms with Crippen LogP contribution in [0.2, 0.25) is 0 Å². The molecule has 22 heavy (non-hydrogen) atoms. The molecule has 0 fully saturated rings. The molecule has 0 spiro atoms. The number of hydrogen-bond donors (Lipinski definition) is 2. The lowest BCUT2D eigenvalue weighted by Crippen LogP contribution is -2.42. The maximum absolute atomic E-state index is 13.1. The second kappa shape index (κ2) is 11.6. The summed E-state index contributed by atoms with van der Waals surface area (Å²) < 4.78 is 13.1. The van der Waals surface area contributed by atoms with Gasteiger partial charge in [0.25, 0.3) is 0 Å². The third kappa shape index (κ3) is 7.93. The average molecular weight is 422 g/mol. The van der Waals surface area contributed by atoms with Crippen molar-refractivity contribution in [2.75, 3.05) is 26.7 Å². The molecule has 0 radical (unpaired) electrons. The van der Waals surface area contributed by atoms with Crippen molar-refractivity contribution in [3.8, 4) is 0 Å². The van der Waals surface area contributed by atoms with Gasteiger partial charge in [0.15, 0.2) is 5.96 Å². The SMILES string of the molecule is CCN(CCNC(=NC)NCc1cccc(F)c1)C(C)C.I. The first kappa shape index (κ1) is 21.1. The first-order valence-electron chi connectivity index (χ1n) is 7.49. The highest BCUT2D eigenvalue weighted by atomic mass is 127. The summed E-state index contributed by atoms with van der Waals surface area (Å²) in [6.07, 6.45) is 0. The third-order valence-corrected chi connectivity index (χ3v) is 3.40. The van der Waals surface area contributed by atoms with E-state index >= 15 is 0 Å². The molecule has 0 saturated carbocycles. The molecule has 6 heteroatoms. The lowest BCUT2D eigenvalue weighted by molar-refractivity contribution is 0.237. The lowest BCUT2D eigenvalue weighted by atomic mass is 10.2. The molecule has 1 aromatic rings. The van der Waals surface area contributed by atoms with E-state index in [1.807, 2.05) is 6.07 Å². The van der Waals surface area contributed by atoms with Crippen LogP contribution in [0.1, 0.15) is 26.3 Å². The molecule has 4 nitrogen and oxygen atoms in total. The van der Waals surface area contributed by atoms with E-state index in [2.05, 4.69) is 41.3 Å². The molecular weight excluding hydrogens is 394 g/mol. The van der Waals surface area contributed by atoms with Crippen molar-refractivity contribution in [1.82, 2.24) is 15.5 Å². The van der Waals surface area contributed by atoms with E-state index in [0.29, 0.717) is 12.6 Å². The van der Waals surface area contributed by atoms with Gasteiger partial charge >= 0.3 is 0 Å². The molecule has 0 aliphatic rings. The molecule has 1 aromatic carbocycles. The fourth-order valence-electron chi connectivity index (χ4n) is 2.15. The Morgan fingerprint density at radius 3 is 2.59 bits per heavy atom. The Bertz CT molecular complexity index is 452. The van der Waals surface area contributed by atoms with Crippen LogP contribution < -0.4 is 10.6 Å². The fraction of sp³-hybridized carbons (Fsp3) is 0.562. The molecule has 0 aliphatic heterocycles. The van der Waals surface area contributed by atoms with Crippen molar-refractivity contribution < 1.29 is 4.39 Å². The average Bonchev–Trinajstić information content (AvgIpc) is 2.46. The summed E-state index contributed by atoms with van der Waals surface area (Å²) in [7, 11) is 1.74. The van der Waals surface area contributed by atoms with Gasteiger partial charge in [-0.2, -0.15) is 0 Å². The van der Waals surface area contributed by atoms with E-state index in [1.165, 1.54) is 12.1 Å².